The van der Waals surface area contributed by atoms with E-state index in [1.807, 2.05) is 0 Å². The van der Waals surface area contributed by atoms with E-state index < -0.39 is 10.9 Å². The number of nitrogens with zero attached hydrogens (tertiary/aromatic N) is 2. The largest absolute Gasteiger partial charge is 0.486 e. The van der Waals surface area contributed by atoms with Crippen molar-refractivity contribution in [1.82, 2.24) is 0 Å². The number of ether oxygens (including phenoxy) is 3. The van der Waals surface area contributed by atoms with E-state index >= 15 is 0 Å². The van der Waals surface area contributed by atoms with Gasteiger partial charge in [-0.3, -0.25) is 19.9 Å². The normalized spacial score (nSPS) is 13.2. The van der Waals surface area contributed by atoms with Crippen LogP contribution in [0, 0.1) is 10.1 Å². The Hall–Kier alpha value is -2.64. The molecule has 0 amide bonds. The Kier molecular flexibility index (Phi) is 4.70. The van der Waals surface area contributed by atoms with Crippen LogP contribution in [-0.2, 0) is 9.53 Å². The van der Waals surface area contributed by atoms with Crippen LogP contribution in [0.2, 0.25) is 0 Å². The fourth-order valence-electron chi connectivity index (χ4n) is 1.78. The molecule has 0 spiro atoms. The maximum absolute atomic E-state index is 11.2. The van der Waals surface area contributed by atoms with Crippen LogP contribution in [0.4, 0.5) is 5.69 Å². The van der Waals surface area contributed by atoms with Crippen molar-refractivity contribution in [1.29, 1.82) is 0 Å². The molecule has 1 aliphatic heterocycles. The van der Waals surface area contributed by atoms with Crippen LogP contribution in [0.1, 0.15) is 12.5 Å². The topological polar surface area (TPSA) is 100 Å². The van der Waals surface area contributed by atoms with Gasteiger partial charge in [-0.05, 0) is 13.0 Å². The predicted octanol–water partition coefficient (Wildman–Crippen LogP) is 1.35. The number of rotatable bonds is 5. The van der Waals surface area contributed by atoms with Gasteiger partial charge in [-0.25, -0.2) is 0 Å². The summed E-state index contributed by atoms with van der Waals surface area (Å²) in [5.74, 6) is 0.258. The van der Waals surface area contributed by atoms with Crippen LogP contribution in [0.25, 0.3) is 0 Å². The molecule has 0 N–H and O–H groups in total. The third-order valence-corrected chi connectivity index (χ3v) is 2.64. The van der Waals surface area contributed by atoms with Gasteiger partial charge in [0.05, 0.1) is 23.2 Å². The molecule has 0 aromatic heterocycles. The lowest BCUT2D eigenvalue weighted by atomic mass is 10.1. The Bertz CT molecular complexity index is 584. The van der Waals surface area contributed by atoms with Crippen molar-refractivity contribution in [3.8, 4) is 11.5 Å². The minimum absolute atomic E-state index is 0.160. The number of nitro benzene ring substituents is 1. The number of fused-ring (bicyclic) bond motifs is 1. The molecule has 0 fully saturated rings. The van der Waals surface area contributed by atoms with E-state index in [4.69, 9.17) is 14.2 Å². The summed E-state index contributed by atoms with van der Waals surface area (Å²) in [6, 6.07) is 2.77. The maximum Gasteiger partial charge on any atom is 0.327 e. The summed E-state index contributed by atoms with van der Waals surface area (Å²) < 4.78 is 15.4. The van der Waals surface area contributed by atoms with E-state index in [1.165, 1.54) is 18.3 Å². The molecule has 0 bridgehead atoms. The molecule has 0 atom stereocenters. The summed E-state index contributed by atoms with van der Waals surface area (Å²) in [5.41, 5.74) is 0.0837. The zero-order valence-electron chi connectivity index (χ0n) is 11.4. The smallest absolute Gasteiger partial charge is 0.327 e. The van der Waals surface area contributed by atoms with Crippen molar-refractivity contribution >= 4 is 17.9 Å². The number of esters is 1. The Morgan fingerprint density at radius 2 is 2.10 bits per heavy atom. The van der Waals surface area contributed by atoms with E-state index in [1.54, 1.807) is 6.92 Å². The van der Waals surface area contributed by atoms with Crippen LogP contribution < -0.4 is 9.47 Å². The first-order chi connectivity index (χ1) is 10.1. The zero-order valence-corrected chi connectivity index (χ0v) is 11.4. The molecule has 0 unspecified atom stereocenters. The molecule has 0 saturated carbocycles. The highest BCUT2D eigenvalue weighted by molar-refractivity contribution is 5.88. The maximum atomic E-state index is 11.2. The highest BCUT2D eigenvalue weighted by Crippen LogP contribution is 2.35. The van der Waals surface area contributed by atoms with Gasteiger partial charge in [0, 0.05) is 6.21 Å². The molecule has 1 heterocycles. The number of carbonyl (C=O) groups is 1. The molecule has 1 aliphatic rings. The number of hydrogen-bond acceptors (Lipinski definition) is 7. The lowest BCUT2D eigenvalue weighted by Crippen LogP contribution is -2.16. The second kappa shape index (κ2) is 6.69. The first kappa shape index (κ1) is 14.8. The molecule has 8 nitrogen and oxygen atoms in total. The predicted molar refractivity (Wildman–Crippen MR) is 73.2 cm³/mol. The van der Waals surface area contributed by atoms with Gasteiger partial charge in [-0.2, -0.15) is 0 Å². The highest BCUT2D eigenvalue weighted by Gasteiger charge is 2.21. The van der Waals surface area contributed by atoms with Gasteiger partial charge in [0.15, 0.2) is 11.5 Å². The summed E-state index contributed by atoms with van der Waals surface area (Å²) in [6.07, 6.45) is 1.26. The van der Waals surface area contributed by atoms with Crippen molar-refractivity contribution in [3.63, 3.8) is 0 Å². The molecule has 1 aromatic carbocycles. The highest BCUT2D eigenvalue weighted by atomic mass is 16.6. The van der Waals surface area contributed by atoms with E-state index in [2.05, 4.69) is 4.99 Å². The van der Waals surface area contributed by atoms with E-state index in [0.717, 1.165) is 0 Å². The Morgan fingerprint density at radius 1 is 1.43 bits per heavy atom. The number of nitro groups is 1. The third kappa shape index (κ3) is 3.68. The molecule has 8 heteroatoms. The molecule has 112 valence electrons. The molecule has 21 heavy (non-hydrogen) atoms. The fourth-order valence-corrected chi connectivity index (χ4v) is 1.78. The minimum Gasteiger partial charge on any atom is -0.486 e. The summed E-state index contributed by atoms with van der Waals surface area (Å²) >= 11 is 0. The van der Waals surface area contributed by atoms with Gasteiger partial charge in [-0.1, -0.05) is 0 Å². The standard InChI is InChI=1S/C13H14N2O6/c1-2-19-13(16)8-14-7-9-5-11-12(21-4-3-20-11)6-10(9)15(17)18/h5-7H,2-4,8H2,1H3. The summed E-state index contributed by atoms with van der Waals surface area (Å²) in [4.78, 5) is 25.5. The minimum atomic E-state index is -0.538. The molecular formula is C13H14N2O6. The summed E-state index contributed by atoms with van der Waals surface area (Å²) in [6.45, 7) is 2.48. The number of benzene rings is 1. The van der Waals surface area contributed by atoms with E-state index in [9.17, 15) is 14.9 Å². The first-order valence-corrected chi connectivity index (χ1v) is 6.35. The first-order valence-electron chi connectivity index (χ1n) is 6.35. The van der Waals surface area contributed by atoms with Crippen LogP contribution in [0.3, 0.4) is 0 Å². The van der Waals surface area contributed by atoms with Gasteiger partial charge in [0.25, 0.3) is 5.69 Å². The van der Waals surface area contributed by atoms with Crippen molar-refractivity contribution in [2.24, 2.45) is 4.99 Å². The third-order valence-electron chi connectivity index (χ3n) is 2.64. The van der Waals surface area contributed by atoms with Gasteiger partial charge in [0.2, 0.25) is 0 Å². The Balaban J connectivity index is 2.22. The summed E-state index contributed by atoms with van der Waals surface area (Å²) in [5, 5.41) is 11.1. The number of hydrogen-bond donors (Lipinski definition) is 0. The van der Waals surface area contributed by atoms with Gasteiger partial charge in [0.1, 0.15) is 19.8 Å². The van der Waals surface area contributed by atoms with Crippen LogP contribution in [0.15, 0.2) is 17.1 Å². The monoisotopic (exact) mass is 294 g/mol. The van der Waals surface area contributed by atoms with Gasteiger partial charge >= 0.3 is 5.97 Å². The molecule has 1 aromatic rings. The summed E-state index contributed by atoms with van der Waals surface area (Å²) in [7, 11) is 0. The fraction of sp³-hybridized carbons (Fsp3) is 0.385. The lowest BCUT2D eigenvalue weighted by Gasteiger charge is -2.18. The van der Waals surface area contributed by atoms with Crippen molar-refractivity contribution in [2.75, 3.05) is 26.4 Å². The zero-order chi connectivity index (χ0) is 15.2. The van der Waals surface area contributed by atoms with Crippen LogP contribution >= 0.6 is 0 Å². The number of carbonyl (C=O) groups excluding carboxylic acids is 1. The molecular weight excluding hydrogens is 280 g/mol. The Labute approximate surface area is 120 Å². The van der Waals surface area contributed by atoms with Crippen molar-refractivity contribution in [2.45, 2.75) is 6.92 Å². The number of aliphatic imine (C=N–C) groups is 1. The average Bonchev–Trinajstić information content (AvgIpc) is 2.46. The SMILES string of the molecule is CCOC(=O)CN=Cc1cc2c(cc1[N+](=O)[O-])OCCO2. The van der Waals surface area contributed by atoms with E-state index in [0.29, 0.717) is 24.7 Å². The van der Waals surface area contributed by atoms with Crippen LogP contribution in [0.5, 0.6) is 11.5 Å². The van der Waals surface area contributed by atoms with E-state index in [-0.39, 0.29) is 24.4 Å². The Morgan fingerprint density at radius 3 is 2.71 bits per heavy atom. The lowest BCUT2D eigenvalue weighted by molar-refractivity contribution is -0.385. The van der Waals surface area contributed by atoms with Crippen molar-refractivity contribution in [3.05, 3.63) is 27.8 Å². The van der Waals surface area contributed by atoms with Crippen molar-refractivity contribution < 1.29 is 23.9 Å². The molecule has 0 radical (unpaired) electrons. The second-order valence-electron chi connectivity index (χ2n) is 4.09. The molecule has 2 rings (SSSR count). The van der Waals surface area contributed by atoms with Gasteiger partial charge < -0.3 is 14.2 Å². The molecule has 0 aliphatic carbocycles. The van der Waals surface area contributed by atoms with Gasteiger partial charge in [-0.15, -0.1) is 0 Å². The second-order valence-corrected chi connectivity index (χ2v) is 4.09. The molecule has 0 saturated heterocycles. The van der Waals surface area contributed by atoms with Crippen LogP contribution in [-0.4, -0.2) is 43.5 Å². The quantitative estimate of drug-likeness (QED) is 0.351. The average molecular weight is 294 g/mol.